The van der Waals surface area contributed by atoms with Crippen LogP contribution < -0.4 is 15.8 Å². The number of anilines is 2. The molecule has 0 spiro atoms. The molecule has 3 N–H and O–H groups in total. The molecule has 39 heavy (non-hydrogen) atoms. The van der Waals surface area contributed by atoms with Crippen molar-refractivity contribution in [2.45, 2.75) is 39.7 Å². The van der Waals surface area contributed by atoms with E-state index in [2.05, 4.69) is 47.5 Å². The highest BCUT2D eigenvalue weighted by Gasteiger charge is 2.28. The molecule has 5 rings (SSSR count). The van der Waals surface area contributed by atoms with Gasteiger partial charge in [0.15, 0.2) is 11.4 Å². The Balaban J connectivity index is 1.51. The summed E-state index contributed by atoms with van der Waals surface area (Å²) in [5, 5.41) is 8.60. The van der Waals surface area contributed by atoms with E-state index in [0.29, 0.717) is 39.7 Å². The quantitative estimate of drug-likeness (QED) is 0.299. The molecule has 0 radical (unpaired) electrons. The predicted molar refractivity (Wildman–Crippen MR) is 155 cm³/mol. The van der Waals surface area contributed by atoms with Crippen LogP contribution in [0.2, 0.25) is 0 Å². The third-order valence-electron chi connectivity index (χ3n) is 6.79. The number of nitrogen functional groups attached to an aromatic ring is 1. The van der Waals surface area contributed by atoms with Crippen molar-refractivity contribution in [1.29, 1.82) is 0 Å². The zero-order chi connectivity index (χ0) is 27.6. The lowest BCUT2D eigenvalue weighted by Crippen LogP contribution is -2.39. The number of ether oxygens (including phenoxy) is 1. The number of aromatic nitrogens is 4. The summed E-state index contributed by atoms with van der Waals surface area (Å²) in [6.45, 7) is 13.5. The lowest BCUT2D eigenvalue weighted by Gasteiger charge is -2.36. The number of fused-ring (bicyclic) bond motifs is 1. The second-order valence-electron chi connectivity index (χ2n) is 11.1. The van der Waals surface area contributed by atoms with Crippen LogP contribution in [0.1, 0.15) is 39.7 Å². The molecule has 2 aromatic carbocycles. The molecule has 0 unspecified atom stereocenters. The molecular formula is C30H35N7O2. The predicted octanol–water partition coefficient (Wildman–Crippen LogP) is 5.68. The molecule has 0 bridgehead atoms. The molecule has 202 valence electrons. The van der Waals surface area contributed by atoms with Gasteiger partial charge in [0.05, 0.1) is 17.1 Å². The number of rotatable bonds is 7. The summed E-state index contributed by atoms with van der Waals surface area (Å²) in [5.74, 6) is 1.18. The molecule has 0 atom stereocenters. The molecule has 1 amide bonds. The van der Waals surface area contributed by atoms with Crippen LogP contribution in [0.5, 0.6) is 11.5 Å². The maximum atomic E-state index is 12.3. The van der Waals surface area contributed by atoms with Gasteiger partial charge in [-0.2, -0.15) is 5.10 Å². The summed E-state index contributed by atoms with van der Waals surface area (Å²) >= 11 is 0. The van der Waals surface area contributed by atoms with Crippen molar-refractivity contribution >= 4 is 28.4 Å². The molecule has 9 nitrogen and oxygen atoms in total. The monoisotopic (exact) mass is 525 g/mol. The van der Waals surface area contributed by atoms with E-state index in [1.54, 1.807) is 0 Å². The molecule has 9 heteroatoms. The van der Waals surface area contributed by atoms with Crippen LogP contribution in [0.15, 0.2) is 67.5 Å². The van der Waals surface area contributed by atoms with Crippen molar-refractivity contribution in [2.75, 3.05) is 30.7 Å². The Morgan fingerprint density at radius 3 is 2.59 bits per heavy atom. The summed E-state index contributed by atoms with van der Waals surface area (Å²) in [4.78, 5) is 23.6. The van der Waals surface area contributed by atoms with E-state index in [-0.39, 0.29) is 17.4 Å². The van der Waals surface area contributed by atoms with Crippen LogP contribution in [0.3, 0.4) is 0 Å². The molecule has 0 aliphatic carbocycles. The van der Waals surface area contributed by atoms with E-state index in [4.69, 9.17) is 15.6 Å². The third-order valence-corrected chi connectivity index (χ3v) is 6.79. The second-order valence-corrected chi connectivity index (χ2v) is 11.1. The second kappa shape index (κ2) is 10.9. The van der Waals surface area contributed by atoms with Gasteiger partial charge < -0.3 is 20.7 Å². The molecule has 0 saturated carbocycles. The zero-order valence-electron chi connectivity index (χ0n) is 22.7. The van der Waals surface area contributed by atoms with Crippen molar-refractivity contribution in [2.24, 2.45) is 5.41 Å². The molecular weight excluding hydrogens is 490 g/mol. The van der Waals surface area contributed by atoms with Gasteiger partial charge in [-0.3, -0.25) is 4.79 Å². The minimum absolute atomic E-state index is 0.201. The average Bonchev–Trinajstić information content (AvgIpc) is 3.31. The third kappa shape index (κ3) is 5.93. The van der Waals surface area contributed by atoms with Gasteiger partial charge in [0, 0.05) is 25.2 Å². The van der Waals surface area contributed by atoms with Crippen molar-refractivity contribution in [3.63, 3.8) is 0 Å². The van der Waals surface area contributed by atoms with E-state index >= 15 is 0 Å². The van der Waals surface area contributed by atoms with Crippen LogP contribution >= 0.6 is 0 Å². The van der Waals surface area contributed by atoms with Gasteiger partial charge in [0.25, 0.3) is 0 Å². The Bertz CT molecular complexity index is 1480. The summed E-state index contributed by atoms with van der Waals surface area (Å²) in [5.41, 5.74) is 9.29. The number of para-hydroxylation sites is 1. The molecule has 1 fully saturated rings. The van der Waals surface area contributed by atoms with E-state index in [0.717, 1.165) is 38.0 Å². The van der Waals surface area contributed by atoms with Crippen LogP contribution in [0.25, 0.3) is 22.3 Å². The zero-order valence-corrected chi connectivity index (χ0v) is 22.7. The van der Waals surface area contributed by atoms with Crippen LogP contribution in [-0.2, 0) is 4.79 Å². The van der Waals surface area contributed by atoms with Gasteiger partial charge in [0.2, 0.25) is 5.91 Å². The Morgan fingerprint density at radius 1 is 1.15 bits per heavy atom. The summed E-state index contributed by atoms with van der Waals surface area (Å²) in [6, 6.07) is 15.2. The van der Waals surface area contributed by atoms with Crippen LogP contribution in [0.4, 0.5) is 11.5 Å². The van der Waals surface area contributed by atoms with Crippen molar-refractivity contribution in [1.82, 2.24) is 24.6 Å². The lowest BCUT2D eigenvalue weighted by molar-refractivity contribution is -0.111. The highest BCUT2D eigenvalue weighted by molar-refractivity contribution is 6.02. The van der Waals surface area contributed by atoms with E-state index in [1.807, 2.05) is 53.2 Å². The Kier molecular flexibility index (Phi) is 7.34. The molecule has 1 saturated heterocycles. The number of nitrogens with two attached hydrogens (primary N) is 1. The number of hydrogen-bond acceptors (Lipinski definition) is 7. The number of carbonyl (C=O) groups excluding carboxylic acids is 1. The highest BCUT2D eigenvalue weighted by Crippen LogP contribution is 2.38. The summed E-state index contributed by atoms with van der Waals surface area (Å²) < 4.78 is 8.08. The molecule has 3 heterocycles. The van der Waals surface area contributed by atoms with Gasteiger partial charge in [0.1, 0.15) is 23.6 Å². The van der Waals surface area contributed by atoms with Gasteiger partial charge in [-0.15, -0.1) is 0 Å². The minimum Gasteiger partial charge on any atom is -0.455 e. The first-order valence-corrected chi connectivity index (χ1v) is 13.2. The molecule has 4 aromatic rings. The van der Waals surface area contributed by atoms with E-state index < -0.39 is 0 Å². The fourth-order valence-electron chi connectivity index (χ4n) is 5.11. The molecule has 2 aromatic heterocycles. The first kappa shape index (κ1) is 26.4. The van der Waals surface area contributed by atoms with Crippen LogP contribution in [0, 0.1) is 5.41 Å². The molecule has 1 aliphatic heterocycles. The Labute approximate surface area is 228 Å². The van der Waals surface area contributed by atoms with Crippen molar-refractivity contribution < 1.29 is 9.53 Å². The SMILES string of the molecule is C=CC(=O)Nc1cc(-c2nn(C3CCN(CC(C)(C)C)CC3)c3ncnc(N)c23)ccc1Oc1ccccc1. The van der Waals surface area contributed by atoms with Crippen molar-refractivity contribution in [3.8, 4) is 22.8 Å². The Morgan fingerprint density at radius 2 is 1.90 bits per heavy atom. The number of carbonyl (C=O) groups is 1. The van der Waals surface area contributed by atoms with E-state index in [1.165, 1.54) is 12.4 Å². The summed E-state index contributed by atoms with van der Waals surface area (Å²) in [6.07, 6.45) is 4.66. The minimum atomic E-state index is -0.342. The summed E-state index contributed by atoms with van der Waals surface area (Å²) in [7, 11) is 0. The largest absolute Gasteiger partial charge is 0.455 e. The number of nitrogens with one attached hydrogen (secondary N) is 1. The first-order valence-electron chi connectivity index (χ1n) is 13.2. The van der Waals surface area contributed by atoms with Crippen LogP contribution in [-0.4, -0.2) is 50.2 Å². The number of benzene rings is 2. The number of piperidine rings is 1. The number of hydrogen-bond donors (Lipinski definition) is 2. The standard InChI is InChI=1S/C30H35N7O2/c1-5-25(38)34-23-17-20(11-12-24(23)39-22-9-7-6-8-10-22)27-26-28(31)32-19-33-29(26)37(35-27)21-13-15-36(16-14-21)18-30(2,3)4/h5-12,17,19,21H,1,13-16,18H2,2-4H3,(H,34,38)(H2,31,32,33). The van der Waals surface area contributed by atoms with Gasteiger partial charge >= 0.3 is 0 Å². The number of likely N-dealkylation sites (tertiary alicyclic amines) is 1. The van der Waals surface area contributed by atoms with Crippen molar-refractivity contribution in [3.05, 3.63) is 67.5 Å². The number of amides is 1. The van der Waals surface area contributed by atoms with Gasteiger partial charge in [-0.25, -0.2) is 14.6 Å². The fourth-order valence-corrected chi connectivity index (χ4v) is 5.11. The number of nitrogens with zero attached hydrogens (tertiary/aromatic N) is 5. The van der Waals surface area contributed by atoms with Gasteiger partial charge in [-0.05, 0) is 54.7 Å². The van der Waals surface area contributed by atoms with Gasteiger partial charge in [-0.1, -0.05) is 45.5 Å². The Hall–Kier alpha value is -4.24. The smallest absolute Gasteiger partial charge is 0.247 e. The lowest BCUT2D eigenvalue weighted by atomic mass is 9.94. The van der Waals surface area contributed by atoms with E-state index in [9.17, 15) is 4.79 Å². The fraction of sp³-hybridized carbons (Fsp3) is 0.333. The molecule has 1 aliphatic rings. The highest BCUT2D eigenvalue weighted by atomic mass is 16.5. The normalized spacial score (nSPS) is 14.8. The topological polar surface area (TPSA) is 111 Å². The first-order chi connectivity index (χ1) is 18.7. The maximum absolute atomic E-state index is 12.3. The average molecular weight is 526 g/mol. The maximum Gasteiger partial charge on any atom is 0.247 e.